The number of aromatic amines is 1. The molecule has 0 unspecified atom stereocenters. The van der Waals surface area contributed by atoms with Crippen LogP contribution in [0.15, 0.2) is 36.4 Å². The van der Waals surface area contributed by atoms with E-state index in [1.807, 2.05) is 36.4 Å². The van der Waals surface area contributed by atoms with Crippen molar-refractivity contribution in [3.63, 3.8) is 0 Å². The fourth-order valence-corrected chi connectivity index (χ4v) is 1.74. The Morgan fingerprint density at radius 1 is 1.29 bits per heavy atom. The van der Waals surface area contributed by atoms with Crippen LogP contribution in [0.1, 0.15) is 5.56 Å². The zero-order valence-electron chi connectivity index (χ0n) is 9.23. The summed E-state index contributed by atoms with van der Waals surface area (Å²) in [5.41, 5.74) is 2.32. The van der Waals surface area contributed by atoms with Gasteiger partial charge >= 0.3 is 0 Å². The molecule has 0 atom stereocenters. The minimum Gasteiger partial charge on any atom is -0.497 e. The number of aromatic nitrogens is 1. The van der Waals surface area contributed by atoms with E-state index in [1.54, 1.807) is 13.2 Å². The van der Waals surface area contributed by atoms with Crippen LogP contribution in [0.25, 0.3) is 11.3 Å². The highest BCUT2D eigenvalue weighted by Gasteiger charge is 2.01. The van der Waals surface area contributed by atoms with Crippen LogP contribution in [0, 0.1) is 16.0 Å². The van der Waals surface area contributed by atoms with Crippen molar-refractivity contribution in [1.29, 1.82) is 5.26 Å². The number of methoxy groups -OCH3 is 1. The van der Waals surface area contributed by atoms with Gasteiger partial charge in [0, 0.05) is 11.3 Å². The van der Waals surface area contributed by atoms with Crippen molar-refractivity contribution in [2.45, 2.75) is 0 Å². The van der Waals surface area contributed by atoms with Crippen LogP contribution in [0.2, 0.25) is 0 Å². The molecule has 0 fully saturated rings. The van der Waals surface area contributed by atoms with Crippen LogP contribution in [0.5, 0.6) is 5.75 Å². The molecule has 4 heteroatoms. The van der Waals surface area contributed by atoms with Crippen LogP contribution in [-0.4, -0.2) is 12.1 Å². The summed E-state index contributed by atoms with van der Waals surface area (Å²) in [5, 5.41) is 8.81. The second-order valence-corrected chi connectivity index (χ2v) is 3.87. The summed E-state index contributed by atoms with van der Waals surface area (Å²) in [6.45, 7) is 0. The number of hydrogen-bond acceptors (Lipinski definition) is 3. The molecule has 2 rings (SSSR count). The predicted molar refractivity (Wildman–Crippen MR) is 68.3 cm³/mol. The Kier molecular flexibility index (Phi) is 3.22. The van der Waals surface area contributed by atoms with Gasteiger partial charge in [0.15, 0.2) is 0 Å². The maximum absolute atomic E-state index is 8.81. The van der Waals surface area contributed by atoms with Crippen molar-refractivity contribution >= 4 is 12.2 Å². The summed E-state index contributed by atoms with van der Waals surface area (Å²) in [6.07, 6.45) is 0. The van der Waals surface area contributed by atoms with Crippen molar-refractivity contribution in [1.82, 2.24) is 4.98 Å². The molecule has 0 aliphatic carbocycles. The van der Waals surface area contributed by atoms with Gasteiger partial charge in [0.25, 0.3) is 0 Å². The van der Waals surface area contributed by atoms with E-state index in [1.165, 1.54) is 0 Å². The predicted octanol–water partition coefficient (Wildman–Crippen LogP) is 3.29. The number of nitriles is 1. The number of H-pyrrole nitrogens is 1. The number of nitrogens with one attached hydrogen (secondary N) is 1. The monoisotopic (exact) mass is 242 g/mol. The van der Waals surface area contributed by atoms with Crippen LogP contribution in [0.3, 0.4) is 0 Å². The first-order valence-corrected chi connectivity index (χ1v) is 5.43. The molecule has 1 aromatic carbocycles. The highest BCUT2D eigenvalue weighted by atomic mass is 32.1. The van der Waals surface area contributed by atoms with Gasteiger partial charge in [-0.15, -0.1) is 0 Å². The van der Waals surface area contributed by atoms with Gasteiger partial charge in [0.05, 0.1) is 12.7 Å². The van der Waals surface area contributed by atoms with Crippen molar-refractivity contribution in [2.24, 2.45) is 0 Å². The number of benzene rings is 1. The molecule has 0 radical (unpaired) electrons. The van der Waals surface area contributed by atoms with Crippen molar-refractivity contribution < 1.29 is 4.74 Å². The first-order chi connectivity index (χ1) is 8.24. The zero-order chi connectivity index (χ0) is 12.3. The topological polar surface area (TPSA) is 48.8 Å². The fraction of sp³-hybridized carbons (Fsp3) is 0.0769. The van der Waals surface area contributed by atoms with E-state index in [4.69, 9.17) is 22.2 Å². The fourth-order valence-electron chi connectivity index (χ4n) is 1.52. The largest absolute Gasteiger partial charge is 0.497 e. The SMILES string of the molecule is COc1cccc(-c2ccc(C#N)c(=S)[nH]2)c1. The molecular weight excluding hydrogens is 232 g/mol. The molecule has 1 heterocycles. The first-order valence-electron chi connectivity index (χ1n) is 5.02. The Bertz CT molecular complexity index is 640. The molecule has 0 aliphatic rings. The van der Waals surface area contributed by atoms with Gasteiger partial charge in [-0.2, -0.15) is 5.26 Å². The van der Waals surface area contributed by atoms with Crippen LogP contribution >= 0.6 is 12.2 Å². The van der Waals surface area contributed by atoms with E-state index in [-0.39, 0.29) is 0 Å². The highest BCUT2D eigenvalue weighted by Crippen LogP contribution is 2.22. The van der Waals surface area contributed by atoms with E-state index in [2.05, 4.69) is 4.98 Å². The summed E-state index contributed by atoms with van der Waals surface area (Å²) < 4.78 is 5.61. The molecular formula is C13H10N2OS. The normalized spacial score (nSPS) is 9.65. The van der Waals surface area contributed by atoms with Crippen LogP contribution in [-0.2, 0) is 0 Å². The molecule has 0 aliphatic heterocycles. The van der Waals surface area contributed by atoms with Crippen molar-refractivity contribution in [3.05, 3.63) is 46.6 Å². The van der Waals surface area contributed by atoms with Crippen LogP contribution < -0.4 is 4.74 Å². The quantitative estimate of drug-likeness (QED) is 0.822. The van der Waals surface area contributed by atoms with E-state index in [9.17, 15) is 0 Å². The lowest BCUT2D eigenvalue weighted by molar-refractivity contribution is 0.415. The lowest BCUT2D eigenvalue weighted by atomic mass is 10.1. The Balaban J connectivity index is 2.50. The molecule has 2 aromatic rings. The third-order valence-corrected chi connectivity index (χ3v) is 2.73. The third-order valence-electron chi connectivity index (χ3n) is 2.41. The molecule has 0 saturated heterocycles. The Labute approximate surface area is 104 Å². The molecule has 17 heavy (non-hydrogen) atoms. The number of pyridine rings is 1. The van der Waals surface area contributed by atoms with Gasteiger partial charge in [-0.1, -0.05) is 24.4 Å². The summed E-state index contributed by atoms with van der Waals surface area (Å²) in [4.78, 5) is 3.03. The number of ether oxygens (including phenoxy) is 1. The lowest BCUT2D eigenvalue weighted by Crippen LogP contribution is -1.88. The number of rotatable bonds is 2. The standard InChI is InChI=1S/C13H10N2OS/c1-16-11-4-2-3-9(7-11)12-6-5-10(8-14)13(17)15-12/h2-7H,1H3,(H,15,17). The van der Waals surface area contributed by atoms with Gasteiger partial charge in [-0.3, -0.25) is 0 Å². The zero-order valence-corrected chi connectivity index (χ0v) is 10.0. The first kappa shape index (κ1) is 11.4. The molecule has 0 saturated carbocycles. The highest BCUT2D eigenvalue weighted by molar-refractivity contribution is 7.71. The van der Waals surface area contributed by atoms with Crippen molar-refractivity contribution in [2.75, 3.05) is 7.11 Å². The van der Waals surface area contributed by atoms with E-state index >= 15 is 0 Å². The Morgan fingerprint density at radius 2 is 2.12 bits per heavy atom. The summed E-state index contributed by atoms with van der Waals surface area (Å²) in [5.74, 6) is 0.783. The number of hydrogen-bond donors (Lipinski definition) is 1. The minimum atomic E-state index is 0.452. The second-order valence-electron chi connectivity index (χ2n) is 3.46. The van der Waals surface area contributed by atoms with E-state index in [0.717, 1.165) is 17.0 Å². The molecule has 1 aromatic heterocycles. The molecule has 0 spiro atoms. The van der Waals surface area contributed by atoms with Gasteiger partial charge in [-0.05, 0) is 24.3 Å². The van der Waals surface area contributed by atoms with Crippen LogP contribution in [0.4, 0.5) is 0 Å². The smallest absolute Gasteiger partial charge is 0.121 e. The van der Waals surface area contributed by atoms with Gasteiger partial charge in [0.1, 0.15) is 16.5 Å². The Hall–Kier alpha value is -2.12. The van der Waals surface area contributed by atoms with Crippen molar-refractivity contribution in [3.8, 4) is 23.1 Å². The molecule has 3 nitrogen and oxygen atoms in total. The third kappa shape index (κ3) is 2.35. The van der Waals surface area contributed by atoms with E-state index < -0.39 is 0 Å². The second kappa shape index (κ2) is 4.81. The lowest BCUT2D eigenvalue weighted by Gasteiger charge is -2.05. The van der Waals surface area contributed by atoms with E-state index in [0.29, 0.717) is 10.2 Å². The van der Waals surface area contributed by atoms with Gasteiger partial charge < -0.3 is 9.72 Å². The minimum absolute atomic E-state index is 0.452. The summed E-state index contributed by atoms with van der Waals surface area (Å²) >= 11 is 5.09. The number of nitrogens with zero attached hydrogens (tertiary/aromatic N) is 1. The molecule has 0 amide bonds. The maximum Gasteiger partial charge on any atom is 0.121 e. The summed E-state index contributed by atoms with van der Waals surface area (Å²) in [6, 6.07) is 13.2. The summed E-state index contributed by atoms with van der Waals surface area (Å²) in [7, 11) is 1.63. The Morgan fingerprint density at radius 3 is 2.76 bits per heavy atom. The van der Waals surface area contributed by atoms with Gasteiger partial charge in [0.2, 0.25) is 0 Å². The maximum atomic E-state index is 8.81. The van der Waals surface area contributed by atoms with Gasteiger partial charge in [-0.25, -0.2) is 0 Å². The average Bonchev–Trinajstić information content (AvgIpc) is 2.38. The molecule has 1 N–H and O–H groups in total. The molecule has 0 bridgehead atoms. The molecule has 84 valence electrons. The average molecular weight is 242 g/mol.